The number of nitrogens with zero attached hydrogens (tertiary/aromatic N) is 2. The second kappa shape index (κ2) is 6.34. The molecule has 2 aliphatic heterocycles. The van der Waals surface area contributed by atoms with Gasteiger partial charge in [-0.1, -0.05) is 25.5 Å². The van der Waals surface area contributed by atoms with Crippen molar-refractivity contribution in [2.24, 2.45) is 28.6 Å². The smallest absolute Gasteiger partial charge is 0.0133 e. The van der Waals surface area contributed by atoms with Crippen molar-refractivity contribution in [3.8, 4) is 0 Å². The van der Waals surface area contributed by atoms with Crippen LogP contribution in [0.2, 0.25) is 0 Å². The van der Waals surface area contributed by atoms with Crippen molar-refractivity contribution in [3.63, 3.8) is 0 Å². The molecule has 2 saturated heterocycles. The summed E-state index contributed by atoms with van der Waals surface area (Å²) >= 11 is 0. The van der Waals surface area contributed by atoms with Crippen molar-refractivity contribution in [1.82, 2.24) is 9.80 Å². The molecule has 6 atom stereocenters. The van der Waals surface area contributed by atoms with E-state index in [2.05, 4.69) is 36.8 Å². The maximum atomic E-state index is 2.82. The Bertz CT molecular complexity index is 577. The monoisotopic (exact) mass is 356 g/mol. The molecule has 0 radical (unpaired) electrons. The highest BCUT2D eigenvalue weighted by molar-refractivity contribution is 5.25. The van der Waals surface area contributed by atoms with Crippen LogP contribution in [0.4, 0.5) is 0 Å². The fourth-order valence-corrected chi connectivity index (χ4v) is 8.27. The average Bonchev–Trinajstić information content (AvgIpc) is 3.14. The van der Waals surface area contributed by atoms with Crippen LogP contribution in [0.15, 0.2) is 11.6 Å². The standard InChI is InChI=1S/C24H40N2/c1-23-11-9-22-20(21(23)10-15-25(3)17-23)7-6-18-16-19(8-12-24(18,22)2)26-13-4-5-14-26/h6,19-22H,4-5,7-17H2,1-3H3/t19-,20-,21-,22-,23+,24-/m0/s1. The van der Waals surface area contributed by atoms with Gasteiger partial charge in [-0.25, -0.2) is 0 Å². The molecule has 0 aromatic heterocycles. The molecule has 26 heavy (non-hydrogen) atoms. The van der Waals surface area contributed by atoms with Gasteiger partial charge < -0.3 is 9.80 Å². The second-order valence-corrected chi connectivity index (χ2v) is 11.1. The molecule has 0 unspecified atom stereocenters. The first-order chi connectivity index (χ1) is 12.5. The Morgan fingerprint density at radius 1 is 0.962 bits per heavy atom. The van der Waals surface area contributed by atoms with Crippen molar-refractivity contribution in [2.75, 3.05) is 33.2 Å². The van der Waals surface area contributed by atoms with Crippen LogP contribution in [0.25, 0.3) is 0 Å². The summed E-state index contributed by atoms with van der Waals surface area (Å²) in [5.41, 5.74) is 2.99. The summed E-state index contributed by atoms with van der Waals surface area (Å²) in [5, 5.41) is 0. The minimum absolute atomic E-state index is 0.532. The molecule has 2 saturated carbocycles. The van der Waals surface area contributed by atoms with E-state index in [0.29, 0.717) is 10.8 Å². The lowest BCUT2D eigenvalue weighted by Gasteiger charge is -2.61. The summed E-state index contributed by atoms with van der Waals surface area (Å²) in [6.45, 7) is 10.7. The Balaban J connectivity index is 1.38. The van der Waals surface area contributed by atoms with E-state index < -0.39 is 0 Å². The van der Waals surface area contributed by atoms with Crippen molar-refractivity contribution in [2.45, 2.75) is 77.7 Å². The SMILES string of the molecule is CN1CC[C@H]2[C@@H]3CC=C4C[C@@H](N5CCCC5)CC[C@]4(C)[C@H]3CC[C@]2(C)C1. The molecular formula is C24H40N2. The van der Waals surface area contributed by atoms with Crippen molar-refractivity contribution < 1.29 is 0 Å². The van der Waals surface area contributed by atoms with E-state index in [4.69, 9.17) is 0 Å². The Morgan fingerprint density at radius 3 is 2.58 bits per heavy atom. The van der Waals surface area contributed by atoms with E-state index in [9.17, 15) is 0 Å². The van der Waals surface area contributed by atoms with E-state index in [1.54, 1.807) is 0 Å². The van der Waals surface area contributed by atoms with Crippen LogP contribution in [0.3, 0.4) is 0 Å². The zero-order chi connectivity index (χ0) is 17.9. The molecule has 2 heteroatoms. The highest BCUT2D eigenvalue weighted by atomic mass is 15.2. The molecule has 5 aliphatic rings. The predicted molar refractivity (Wildman–Crippen MR) is 109 cm³/mol. The molecule has 4 fully saturated rings. The molecular weight excluding hydrogens is 316 g/mol. The van der Waals surface area contributed by atoms with Gasteiger partial charge in [0.25, 0.3) is 0 Å². The summed E-state index contributed by atoms with van der Waals surface area (Å²) in [6, 6.07) is 0.866. The normalized spacial score (nSPS) is 49.9. The summed E-state index contributed by atoms with van der Waals surface area (Å²) in [7, 11) is 2.34. The van der Waals surface area contributed by atoms with Gasteiger partial charge in [0.15, 0.2) is 0 Å². The fraction of sp³-hybridized carbons (Fsp3) is 0.917. The minimum Gasteiger partial charge on any atom is -0.306 e. The van der Waals surface area contributed by atoms with E-state index in [1.807, 2.05) is 5.57 Å². The third-order valence-electron chi connectivity index (χ3n) is 9.71. The topological polar surface area (TPSA) is 6.48 Å². The molecule has 5 rings (SSSR count). The number of allylic oxidation sites excluding steroid dienone is 1. The molecule has 2 nitrogen and oxygen atoms in total. The van der Waals surface area contributed by atoms with Gasteiger partial charge in [-0.15, -0.1) is 0 Å². The van der Waals surface area contributed by atoms with Gasteiger partial charge >= 0.3 is 0 Å². The summed E-state index contributed by atoms with van der Waals surface area (Å²) in [5.74, 6) is 2.92. The third kappa shape index (κ3) is 2.65. The number of fused-ring (bicyclic) bond motifs is 5. The number of rotatable bonds is 1. The number of piperidine rings is 1. The largest absolute Gasteiger partial charge is 0.306 e. The van der Waals surface area contributed by atoms with Crippen molar-refractivity contribution in [3.05, 3.63) is 11.6 Å². The molecule has 2 heterocycles. The molecule has 3 aliphatic carbocycles. The lowest BCUT2D eigenvalue weighted by atomic mass is 9.46. The van der Waals surface area contributed by atoms with Crippen LogP contribution in [-0.2, 0) is 0 Å². The van der Waals surface area contributed by atoms with Gasteiger partial charge in [0, 0.05) is 12.6 Å². The number of likely N-dealkylation sites (tertiary alicyclic amines) is 2. The highest BCUT2D eigenvalue weighted by Gasteiger charge is 2.55. The number of hydrogen-bond donors (Lipinski definition) is 0. The molecule has 0 bridgehead atoms. The Morgan fingerprint density at radius 2 is 1.77 bits per heavy atom. The zero-order valence-electron chi connectivity index (χ0n) is 17.5. The fourth-order valence-electron chi connectivity index (χ4n) is 8.27. The van der Waals surface area contributed by atoms with Crippen molar-refractivity contribution >= 4 is 0 Å². The van der Waals surface area contributed by atoms with Crippen LogP contribution in [-0.4, -0.2) is 49.1 Å². The zero-order valence-corrected chi connectivity index (χ0v) is 17.5. The minimum atomic E-state index is 0.532. The first-order valence-corrected chi connectivity index (χ1v) is 11.6. The van der Waals surface area contributed by atoms with Crippen LogP contribution in [0, 0.1) is 28.6 Å². The quantitative estimate of drug-likeness (QED) is 0.613. The predicted octanol–water partition coefficient (Wildman–Crippen LogP) is 4.96. The molecule has 146 valence electrons. The van der Waals surface area contributed by atoms with Gasteiger partial charge in [-0.3, -0.25) is 0 Å². The van der Waals surface area contributed by atoms with Crippen LogP contribution < -0.4 is 0 Å². The molecule has 0 aromatic rings. The van der Waals surface area contributed by atoms with Gasteiger partial charge in [0.2, 0.25) is 0 Å². The highest BCUT2D eigenvalue weighted by Crippen LogP contribution is 2.62. The van der Waals surface area contributed by atoms with E-state index in [1.165, 1.54) is 84.0 Å². The van der Waals surface area contributed by atoms with Crippen molar-refractivity contribution in [1.29, 1.82) is 0 Å². The molecule has 0 spiro atoms. The van der Waals surface area contributed by atoms with Gasteiger partial charge in [0.1, 0.15) is 0 Å². The van der Waals surface area contributed by atoms with Gasteiger partial charge in [-0.05, 0) is 113 Å². The van der Waals surface area contributed by atoms with E-state index in [-0.39, 0.29) is 0 Å². The molecule has 0 N–H and O–H groups in total. The van der Waals surface area contributed by atoms with Crippen LogP contribution in [0.1, 0.15) is 71.6 Å². The van der Waals surface area contributed by atoms with Crippen LogP contribution in [0.5, 0.6) is 0 Å². The Labute approximate surface area is 161 Å². The summed E-state index contributed by atoms with van der Waals surface area (Å²) in [4.78, 5) is 5.42. The Hall–Kier alpha value is -0.340. The Kier molecular flexibility index (Phi) is 4.33. The summed E-state index contributed by atoms with van der Waals surface area (Å²) < 4.78 is 0. The molecule has 0 amide bonds. The molecule has 0 aromatic carbocycles. The third-order valence-corrected chi connectivity index (χ3v) is 9.71. The van der Waals surface area contributed by atoms with Gasteiger partial charge in [-0.2, -0.15) is 0 Å². The maximum Gasteiger partial charge on any atom is 0.0133 e. The lowest BCUT2D eigenvalue weighted by Crippen LogP contribution is -2.56. The van der Waals surface area contributed by atoms with Gasteiger partial charge in [0.05, 0.1) is 0 Å². The first kappa shape index (κ1) is 17.7. The van der Waals surface area contributed by atoms with Crippen LogP contribution >= 0.6 is 0 Å². The summed E-state index contributed by atoms with van der Waals surface area (Å²) in [6.07, 6.45) is 15.8. The average molecular weight is 357 g/mol. The van der Waals surface area contributed by atoms with E-state index in [0.717, 1.165) is 23.8 Å². The van der Waals surface area contributed by atoms with E-state index >= 15 is 0 Å². The second-order valence-electron chi connectivity index (χ2n) is 11.1. The maximum absolute atomic E-state index is 2.82. The number of hydrogen-bond acceptors (Lipinski definition) is 2. The first-order valence-electron chi connectivity index (χ1n) is 11.6. The lowest BCUT2D eigenvalue weighted by molar-refractivity contribution is -0.0817.